The lowest BCUT2D eigenvalue weighted by Crippen LogP contribution is -2.64. The molecule has 3 aliphatic heterocycles. The molecule has 1 amide bonds. The van der Waals surface area contributed by atoms with Crippen LogP contribution in [-0.2, 0) is 0 Å². The molecule has 0 aliphatic carbocycles. The number of aryl methyl sites for hydroxylation is 2. The fraction of sp³-hybridized carbons (Fsp3) is 0.476. The quantitative estimate of drug-likeness (QED) is 0.724. The van der Waals surface area contributed by atoms with Crippen LogP contribution < -0.4 is 20.9 Å². The first-order valence-corrected chi connectivity index (χ1v) is 10.3. The van der Waals surface area contributed by atoms with Crippen molar-refractivity contribution in [2.45, 2.75) is 38.8 Å². The summed E-state index contributed by atoms with van der Waals surface area (Å²) >= 11 is 0. The van der Waals surface area contributed by atoms with Gasteiger partial charge < -0.3 is 9.80 Å². The van der Waals surface area contributed by atoms with Crippen LogP contribution in [0, 0.1) is 19.7 Å². The zero-order valence-electron chi connectivity index (χ0n) is 17.8. The van der Waals surface area contributed by atoms with Crippen molar-refractivity contribution in [3.8, 4) is 0 Å². The number of hydrogen-bond donors (Lipinski definition) is 2. The Morgan fingerprint density at radius 3 is 2.37 bits per heavy atom. The highest BCUT2D eigenvalue weighted by Gasteiger charge is 2.43. The van der Waals surface area contributed by atoms with E-state index in [9.17, 15) is 9.18 Å². The van der Waals surface area contributed by atoms with Crippen LogP contribution in [0.25, 0.3) is 0 Å². The molecule has 2 N–H and O–H groups in total. The lowest BCUT2D eigenvalue weighted by molar-refractivity contribution is 0.0498. The molecule has 3 fully saturated rings. The van der Waals surface area contributed by atoms with Crippen molar-refractivity contribution in [3.63, 3.8) is 0 Å². The van der Waals surface area contributed by atoms with E-state index in [0.717, 1.165) is 30.2 Å². The summed E-state index contributed by atoms with van der Waals surface area (Å²) in [4.78, 5) is 26.7. The van der Waals surface area contributed by atoms with Crippen LogP contribution in [-0.4, -0.2) is 60.0 Å². The zero-order valence-corrected chi connectivity index (χ0v) is 17.8. The van der Waals surface area contributed by atoms with E-state index in [-0.39, 0.29) is 23.6 Å². The molecule has 3 saturated heterocycles. The molecule has 2 aromatic rings. The first kappa shape index (κ1) is 20.5. The van der Waals surface area contributed by atoms with E-state index in [1.807, 2.05) is 24.8 Å². The minimum Gasteiger partial charge on any atom is -0.334 e. The molecule has 1 aromatic carbocycles. The first-order chi connectivity index (χ1) is 14.4. The number of rotatable bonds is 5. The Kier molecular flexibility index (Phi) is 5.57. The summed E-state index contributed by atoms with van der Waals surface area (Å²) in [5.41, 5.74) is 8.25. The van der Waals surface area contributed by atoms with E-state index in [4.69, 9.17) is 0 Å². The predicted molar refractivity (Wildman–Crippen MR) is 114 cm³/mol. The van der Waals surface area contributed by atoms with Gasteiger partial charge >= 0.3 is 0 Å². The van der Waals surface area contributed by atoms with Crippen LogP contribution in [0.15, 0.2) is 24.3 Å². The van der Waals surface area contributed by atoms with E-state index in [0.29, 0.717) is 18.8 Å². The first-order valence-electron chi connectivity index (χ1n) is 10.3. The molecule has 2 atom stereocenters. The minimum absolute atomic E-state index is 0.00278. The molecule has 3 aliphatic rings. The second kappa shape index (κ2) is 8.16. The summed E-state index contributed by atoms with van der Waals surface area (Å²) in [5.74, 6) is -0.0874. The second-order valence-electron chi connectivity index (χ2n) is 7.86. The van der Waals surface area contributed by atoms with Gasteiger partial charge in [-0.3, -0.25) is 4.79 Å². The number of aromatic nitrogens is 2. The van der Waals surface area contributed by atoms with Gasteiger partial charge in [0.25, 0.3) is 5.91 Å². The molecule has 8 nitrogen and oxygen atoms in total. The highest BCUT2D eigenvalue weighted by Crippen LogP contribution is 2.34. The lowest BCUT2D eigenvalue weighted by atomic mass is 9.90. The third kappa shape index (κ3) is 3.59. The van der Waals surface area contributed by atoms with Crippen LogP contribution in [0.1, 0.15) is 34.6 Å². The van der Waals surface area contributed by atoms with Crippen molar-refractivity contribution < 1.29 is 9.18 Å². The number of amides is 1. The number of piperidine rings is 2. The molecule has 5 rings (SSSR count). The molecule has 9 heteroatoms. The van der Waals surface area contributed by atoms with Gasteiger partial charge in [-0.1, -0.05) is 6.07 Å². The van der Waals surface area contributed by atoms with Gasteiger partial charge in [-0.15, -0.1) is 0 Å². The zero-order chi connectivity index (χ0) is 21.4. The number of piperazine rings is 1. The Balaban J connectivity index is 1.62. The van der Waals surface area contributed by atoms with Crippen molar-refractivity contribution in [2.24, 2.45) is 0 Å². The maximum Gasteiger partial charge on any atom is 0.259 e. The normalized spacial score (nSPS) is 20.6. The number of nitrogens with zero attached hydrogens (tertiary/aromatic N) is 5. The molecular weight excluding hydrogens is 385 g/mol. The molecule has 2 unspecified atom stereocenters. The number of anilines is 2. The summed E-state index contributed by atoms with van der Waals surface area (Å²) in [5, 5.41) is 1.54. The van der Waals surface area contributed by atoms with Gasteiger partial charge in [-0.25, -0.2) is 30.3 Å². The highest BCUT2D eigenvalue weighted by atomic mass is 19.1. The van der Waals surface area contributed by atoms with Gasteiger partial charge in [-0.2, -0.15) is 0 Å². The monoisotopic (exact) mass is 413 g/mol. The number of carbonyl (C=O) groups is 1. The number of nitrogens with one attached hydrogen (secondary N) is 2. The standard InChI is InChI=1S/C21H28FN7O/c1-13-10-14(2)26-21(25-13)28-12-15-8-9-16(28)11-27(15)20(30)19-17(22)6-5-7-18(19)29(23-3)24-4/h5-7,10,15-16,23-24H,8-9,11-12H2,1-4H3. The van der Waals surface area contributed by atoms with Crippen LogP contribution in [0.2, 0.25) is 0 Å². The molecule has 1 aromatic heterocycles. The van der Waals surface area contributed by atoms with Gasteiger partial charge in [0.1, 0.15) is 11.4 Å². The molecule has 160 valence electrons. The van der Waals surface area contributed by atoms with Crippen molar-refractivity contribution in [1.82, 2.24) is 25.7 Å². The second-order valence-corrected chi connectivity index (χ2v) is 7.86. The van der Waals surface area contributed by atoms with Gasteiger partial charge in [0.15, 0.2) is 0 Å². The minimum atomic E-state index is -0.524. The Labute approximate surface area is 176 Å². The van der Waals surface area contributed by atoms with Gasteiger partial charge in [0, 0.05) is 50.7 Å². The third-order valence-corrected chi connectivity index (χ3v) is 5.91. The average Bonchev–Trinajstić information content (AvgIpc) is 2.74. The Bertz CT molecular complexity index is 929. The number of hydrogen-bond acceptors (Lipinski definition) is 7. The predicted octanol–water partition coefficient (Wildman–Crippen LogP) is 1.80. The molecule has 2 bridgehead atoms. The van der Waals surface area contributed by atoms with E-state index in [1.165, 1.54) is 11.2 Å². The number of fused-ring (bicyclic) bond motifs is 3. The fourth-order valence-electron chi connectivity index (χ4n) is 4.56. The molecular formula is C21H28FN7O. The molecule has 4 heterocycles. The molecule has 0 spiro atoms. The highest BCUT2D eigenvalue weighted by molar-refractivity contribution is 6.00. The van der Waals surface area contributed by atoms with E-state index in [2.05, 4.69) is 25.7 Å². The molecule has 0 radical (unpaired) electrons. The number of halogens is 1. The smallest absolute Gasteiger partial charge is 0.259 e. The van der Waals surface area contributed by atoms with Gasteiger partial charge in [0.2, 0.25) is 5.95 Å². The number of carbonyl (C=O) groups excluding carboxylic acids is 1. The summed E-state index contributed by atoms with van der Waals surface area (Å²) in [6.07, 6.45) is 1.86. The molecule has 30 heavy (non-hydrogen) atoms. The SMILES string of the molecule is CNN(NC)c1cccc(F)c1C(=O)N1CC2CCC1CN2c1nc(C)cc(C)n1. The van der Waals surface area contributed by atoms with Crippen molar-refractivity contribution in [1.29, 1.82) is 0 Å². The topological polar surface area (TPSA) is 76.6 Å². The molecule has 0 saturated carbocycles. The van der Waals surface area contributed by atoms with Crippen LogP contribution >= 0.6 is 0 Å². The van der Waals surface area contributed by atoms with Gasteiger partial charge in [0.05, 0.1) is 5.69 Å². The maximum absolute atomic E-state index is 14.8. The third-order valence-electron chi connectivity index (χ3n) is 5.91. The number of benzene rings is 1. The summed E-state index contributed by atoms with van der Waals surface area (Å²) in [7, 11) is 3.42. The Morgan fingerprint density at radius 1 is 1.10 bits per heavy atom. The number of hydrazine groups is 2. The summed E-state index contributed by atoms with van der Waals surface area (Å²) in [6.45, 7) is 5.12. The fourth-order valence-corrected chi connectivity index (χ4v) is 4.56. The summed E-state index contributed by atoms with van der Waals surface area (Å²) in [6, 6.07) is 6.73. The van der Waals surface area contributed by atoms with Crippen molar-refractivity contribution in [2.75, 3.05) is 37.2 Å². The van der Waals surface area contributed by atoms with E-state index < -0.39 is 5.82 Å². The van der Waals surface area contributed by atoms with Gasteiger partial charge in [-0.05, 0) is 44.9 Å². The lowest BCUT2D eigenvalue weighted by Gasteiger charge is -2.51. The van der Waals surface area contributed by atoms with Crippen molar-refractivity contribution in [3.05, 3.63) is 47.0 Å². The van der Waals surface area contributed by atoms with Crippen molar-refractivity contribution >= 4 is 17.5 Å². The van der Waals surface area contributed by atoms with Crippen LogP contribution in [0.5, 0.6) is 0 Å². The Morgan fingerprint density at radius 2 is 1.77 bits per heavy atom. The summed E-state index contributed by atoms with van der Waals surface area (Å²) < 4.78 is 14.8. The van der Waals surface area contributed by atoms with Crippen LogP contribution in [0.4, 0.5) is 16.0 Å². The largest absolute Gasteiger partial charge is 0.334 e. The average molecular weight is 414 g/mol. The van der Waals surface area contributed by atoms with Crippen LogP contribution in [0.3, 0.4) is 0 Å². The maximum atomic E-state index is 14.8. The Hall–Kier alpha value is -2.78. The van der Waals surface area contributed by atoms with E-state index >= 15 is 0 Å². The van der Waals surface area contributed by atoms with E-state index in [1.54, 1.807) is 26.2 Å².